The quantitative estimate of drug-likeness (QED) is 0.788. The summed E-state index contributed by atoms with van der Waals surface area (Å²) >= 11 is 0. The molecule has 1 unspecified atom stereocenters. The second kappa shape index (κ2) is 5.17. The third-order valence-electron chi connectivity index (χ3n) is 2.06. The Labute approximate surface area is 85.2 Å². The Morgan fingerprint density at radius 3 is 2.71 bits per heavy atom. The maximum absolute atomic E-state index is 5.97. The van der Waals surface area contributed by atoms with Gasteiger partial charge in [0.05, 0.1) is 6.04 Å². The van der Waals surface area contributed by atoms with Gasteiger partial charge in [0.2, 0.25) is 0 Å². The first-order valence-electron chi connectivity index (χ1n) is 4.96. The normalized spacial score (nSPS) is 13.5. The molecule has 0 aliphatic heterocycles. The van der Waals surface area contributed by atoms with Crippen LogP contribution in [-0.2, 0) is 11.3 Å². The van der Waals surface area contributed by atoms with Crippen LogP contribution in [0.1, 0.15) is 37.8 Å². The highest BCUT2D eigenvalue weighted by Gasteiger charge is 2.12. The van der Waals surface area contributed by atoms with Crippen LogP contribution in [0.5, 0.6) is 0 Å². The van der Waals surface area contributed by atoms with Crippen LogP contribution >= 0.6 is 0 Å². The molecule has 2 N–H and O–H groups in total. The summed E-state index contributed by atoms with van der Waals surface area (Å²) in [5, 5.41) is 0. The van der Waals surface area contributed by atoms with Gasteiger partial charge < -0.3 is 14.9 Å². The van der Waals surface area contributed by atoms with Crippen molar-refractivity contribution >= 4 is 0 Å². The van der Waals surface area contributed by atoms with Crippen molar-refractivity contribution in [2.75, 3.05) is 7.11 Å². The minimum Gasteiger partial charge on any atom is -0.462 e. The van der Waals surface area contributed by atoms with E-state index < -0.39 is 0 Å². The van der Waals surface area contributed by atoms with Gasteiger partial charge >= 0.3 is 0 Å². The molecular weight excluding hydrogens is 178 g/mol. The molecule has 0 fully saturated rings. The molecule has 0 saturated carbocycles. The van der Waals surface area contributed by atoms with Gasteiger partial charge in [-0.3, -0.25) is 0 Å². The summed E-state index contributed by atoms with van der Waals surface area (Å²) in [6.07, 6.45) is 0.944. The fourth-order valence-electron chi connectivity index (χ4n) is 1.44. The molecule has 0 bridgehead atoms. The van der Waals surface area contributed by atoms with Crippen LogP contribution in [0.25, 0.3) is 0 Å². The topological polar surface area (TPSA) is 48.4 Å². The van der Waals surface area contributed by atoms with Crippen LogP contribution in [-0.4, -0.2) is 7.11 Å². The second-order valence-electron chi connectivity index (χ2n) is 3.97. The Kier molecular flexibility index (Phi) is 4.17. The Balaban J connectivity index is 2.57. The maximum atomic E-state index is 5.97. The Morgan fingerprint density at radius 1 is 1.43 bits per heavy atom. The van der Waals surface area contributed by atoms with Crippen LogP contribution in [0.15, 0.2) is 16.5 Å². The molecule has 0 aliphatic rings. The first-order chi connectivity index (χ1) is 6.63. The summed E-state index contributed by atoms with van der Waals surface area (Å²) in [4.78, 5) is 0. The summed E-state index contributed by atoms with van der Waals surface area (Å²) in [7, 11) is 1.65. The predicted molar refractivity (Wildman–Crippen MR) is 55.8 cm³/mol. The van der Waals surface area contributed by atoms with E-state index in [0.29, 0.717) is 12.5 Å². The average Bonchev–Trinajstić information content (AvgIpc) is 2.52. The van der Waals surface area contributed by atoms with Crippen LogP contribution in [0.2, 0.25) is 0 Å². The Bertz CT molecular complexity index is 268. The zero-order valence-corrected chi connectivity index (χ0v) is 9.12. The van der Waals surface area contributed by atoms with E-state index in [1.165, 1.54) is 0 Å². The summed E-state index contributed by atoms with van der Waals surface area (Å²) in [6, 6.07) is 3.85. The van der Waals surface area contributed by atoms with Gasteiger partial charge in [-0.2, -0.15) is 0 Å². The third kappa shape index (κ3) is 3.16. The lowest BCUT2D eigenvalue weighted by atomic mass is 10.0. The molecule has 1 aromatic rings. The number of methoxy groups -OCH3 is 1. The highest BCUT2D eigenvalue weighted by atomic mass is 16.5. The van der Waals surface area contributed by atoms with Crippen LogP contribution in [0.3, 0.4) is 0 Å². The molecule has 1 aromatic heterocycles. The number of nitrogens with two attached hydrogens (primary N) is 1. The molecule has 80 valence electrons. The van der Waals surface area contributed by atoms with E-state index in [0.717, 1.165) is 17.9 Å². The third-order valence-corrected chi connectivity index (χ3v) is 2.06. The first kappa shape index (κ1) is 11.3. The van der Waals surface area contributed by atoms with Crippen molar-refractivity contribution in [1.29, 1.82) is 0 Å². The monoisotopic (exact) mass is 197 g/mol. The molecule has 0 spiro atoms. The molecule has 1 atom stereocenters. The minimum atomic E-state index is 0.000561. The maximum Gasteiger partial charge on any atom is 0.129 e. The summed E-state index contributed by atoms with van der Waals surface area (Å²) < 4.78 is 10.5. The molecule has 0 aromatic carbocycles. The van der Waals surface area contributed by atoms with Gasteiger partial charge in [-0.05, 0) is 24.5 Å². The lowest BCUT2D eigenvalue weighted by Crippen LogP contribution is -2.11. The number of hydrogen-bond acceptors (Lipinski definition) is 3. The van der Waals surface area contributed by atoms with E-state index in [9.17, 15) is 0 Å². The smallest absolute Gasteiger partial charge is 0.129 e. The predicted octanol–water partition coefficient (Wildman–Crippen LogP) is 2.47. The van der Waals surface area contributed by atoms with Gasteiger partial charge in [0, 0.05) is 7.11 Å². The van der Waals surface area contributed by atoms with Crippen molar-refractivity contribution in [1.82, 2.24) is 0 Å². The van der Waals surface area contributed by atoms with Crippen molar-refractivity contribution in [2.24, 2.45) is 11.7 Å². The molecule has 0 saturated heterocycles. The van der Waals surface area contributed by atoms with Gasteiger partial charge in [0.15, 0.2) is 0 Å². The van der Waals surface area contributed by atoms with E-state index >= 15 is 0 Å². The number of ether oxygens (including phenoxy) is 1. The largest absolute Gasteiger partial charge is 0.462 e. The highest BCUT2D eigenvalue weighted by Crippen LogP contribution is 2.21. The van der Waals surface area contributed by atoms with Gasteiger partial charge in [-0.25, -0.2) is 0 Å². The summed E-state index contributed by atoms with van der Waals surface area (Å²) in [6.45, 7) is 4.81. The van der Waals surface area contributed by atoms with Gasteiger partial charge in [0.1, 0.15) is 18.1 Å². The fraction of sp³-hybridized carbons (Fsp3) is 0.636. The lowest BCUT2D eigenvalue weighted by Gasteiger charge is -2.10. The van der Waals surface area contributed by atoms with Crippen LogP contribution < -0.4 is 5.73 Å². The van der Waals surface area contributed by atoms with Crippen molar-refractivity contribution in [2.45, 2.75) is 32.9 Å². The lowest BCUT2D eigenvalue weighted by molar-refractivity contribution is 0.161. The van der Waals surface area contributed by atoms with Crippen LogP contribution in [0.4, 0.5) is 0 Å². The molecule has 3 heteroatoms. The molecule has 0 aliphatic carbocycles. The molecule has 0 radical (unpaired) electrons. The molecular formula is C11H19NO2. The molecule has 1 heterocycles. The van der Waals surface area contributed by atoms with E-state index in [4.69, 9.17) is 14.9 Å². The van der Waals surface area contributed by atoms with Crippen molar-refractivity contribution in [3.8, 4) is 0 Å². The Morgan fingerprint density at radius 2 is 2.14 bits per heavy atom. The minimum absolute atomic E-state index is 0.000561. The summed E-state index contributed by atoms with van der Waals surface area (Å²) in [5.41, 5.74) is 5.97. The van der Waals surface area contributed by atoms with Crippen LogP contribution in [0, 0.1) is 5.92 Å². The zero-order chi connectivity index (χ0) is 10.6. The number of rotatable bonds is 5. The van der Waals surface area contributed by atoms with E-state index in [1.54, 1.807) is 7.11 Å². The van der Waals surface area contributed by atoms with Gasteiger partial charge in [-0.1, -0.05) is 13.8 Å². The standard InChI is InChI=1S/C11H19NO2/c1-8(2)6-10(12)11-5-4-9(14-11)7-13-3/h4-5,8,10H,6-7,12H2,1-3H3. The number of hydrogen-bond donors (Lipinski definition) is 1. The van der Waals surface area contributed by atoms with Gasteiger partial charge in [-0.15, -0.1) is 0 Å². The molecule has 1 rings (SSSR count). The van der Waals surface area contributed by atoms with Crippen molar-refractivity contribution < 1.29 is 9.15 Å². The van der Waals surface area contributed by atoms with E-state index in [-0.39, 0.29) is 6.04 Å². The van der Waals surface area contributed by atoms with Crippen molar-refractivity contribution in [3.63, 3.8) is 0 Å². The SMILES string of the molecule is COCc1ccc(C(N)CC(C)C)o1. The second-order valence-corrected chi connectivity index (χ2v) is 3.97. The zero-order valence-electron chi connectivity index (χ0n) is 9.12. The molecule has 0 amide bonds. The number of furan rings is 1. The van der Waals surface area contributed by atoms with Gasteiger partial charge in [0.25, 0.3) is 0 Å². The Hall–Kier alpha value is -0.800. The van der Waals surface area contributed by atoms with E-state index in [2.05, 4.69) is 13.8 Å². The average molecular weight is 197 g/mol. The fourth-order valence-corrected chi connectivity index (χ4v) is 1.44. The highest BCUT2D eigenvalue weighted by molar-refractivity contribution is 5.09. The van der Waals surface area contributed by atoms with E-state index in [1.807, 2.05) is 12.1 Å². The summed E-state index contributed by atoms with van der Waals surface area (Å²) in [5.74, 6) is 2.27. The molecule has 14 heavy (non-hydrogen) atoms. The van der Waals surface area contributed by atoms with Crippen molar-refractivity contribution in [3.05, 3.63) is 23.7 Å². The molecule has 3 nitrogen and oxygen atoms in total. The first-order valence-corrected chi connectivity index (χ1v) is 4.96.